The zero-order valence-corrected chi connectivity index (χ0v) is 19.5. The second kappa shape index (κ2) is 10.8. The summed E-state index contributed by atoms with van der Waals surface area (Å²) in [4.78, 5) is 41.8. The Morgan fingerprint density at radius 3 is 2.24 bits per heavy atom. The van der Waals surface area contributed by atoms with E-state index >= 15 is 0 Å². The second-order valence-corrected chi connectivity index (χ2v) is 8.34. The minimum Gasteiger partial charge on any atom is -0.497 e. The number of imide groups is 1. The molecule has 0 spiro atoms. The Morgan fingerprint density at radius 2 is 1.67 bits per heavy atom. The quantitative estimate of drug-likeness (QED) is 0.542. The Hall–Kier alpha value is -3.55. The van der Waals surface area contributed by atoms with Crippen LogP contribution in [0.1, 0.15) is 33.6 Å². The van der Waals surface area contributed by atoms with E-state index in [2.05, 4.69) is 5.32 Å². The van der Waals surface area contributed by atoms with Gasteiger partial charge in [0.05, 0.1) is 25.8 Å². The fourth-order valence-corrected chi connectivity index (χ4v) is 3.65. The van der Waals surface area contributed by atoms with Crippen molar-refractivity contribution in [1.29, 1.82) is 0 Å². The summed E-state index contributed by atoms with van der Waals surface area (Å²) in [6.45, 7) is 6.96. The largest absolute Gasteiger partial charge is 0.497 e. The van der Waals surface area contributed by atoms with E-state index in [0.29, 0.717) is 30.3 Å². The maximum atomic E-state index is 13.2. The zero-order valence-electron chi connectivity index (χ0n) is 19.5. The van der Waals surface area contributed by atoms with Gasteiger partial charge >= 0.3 is 6.03 Å². The number of hydrogen-bond acceptors (Lipinski definition) is 5. The summed E-state index contributed by atoms with van der Waals surface area (Å²) >= 11 is 0. The number of amides is 4. The number of hydrogen-bond donors (Lipinski definition) is 1. The monoisotopic (exact) mass is 453 g/mol. The molecule has 8 nitrogen and oxygen atoms in total. The van der Waals surface area contributed by atoms with Gasteiger partial charge in [0.25, 0.3) is 5.91 Å². The van der Waals surface area contributed by atoms with Gasteiger partial charge < -0.3 is 19.7 Å². The predicted octanol–water partition coefficient (Wildman–Crippen LogP) is 4.31. The molecule has 176 valence electrons. The van der Waals surface area contributed by atoms with Crippen LogP contribution < -0.4 is 19.7 Å². The van der Waals surface area contributed by atoms with Crippen molar-refractivity contribution in [1.82, 2.24) is 4.90 Å². The van der Waals surface area contributed by atoms with Gasteiger partial charge in [0, 0.05) is 12.2 Å². The molecule has 0 aromatic heterocycles. The number of carbonyl (C=O) groups excluding carboxylic acids is 3. The van der Waals surface area contributed by atoms with E-state index in [1.165, 1.54) is 4.90 Å². The third-order valence-corrected chi connectivity index (χ3v) is 5.20. The highest BCUT2D eigenvalue weighted by molar-refractivity contribution is 6.22. The SMILES string of the molecule is CCCOc1ccc(NC(=O)CC2C(=O)N(c3ccc(OC)cc3)C(=O)N2CC(C)C)cc1. The standard InChI is InChI=1S/C25H31N3O5/c1-5-14-33-21-10-6-18(7-11-21)26-23(29)15-22-24(30)28(25(31)27(22)16-17(2)3)19-8-12-20(32-4)13-9-19/h6-13,17,22H,5,14-16H2,1-4H3,(H,26,29). The van der Waals surface area contributed by atoms with Gasteiger partial charge in [-0.05, 0) is 60.9 Å². The van der Waals surface area contributed by atoms with Gasteiger partial charge in [-0.25, -0.2) is 9.69 Å². The van der Waals surface area contributed by atoms with E-state index in [-0.39, 0.29) is 18.2 Å². The molecular weight excluding hydrogens is 422 g/mol. The summed E-state index contributed by atoms with van der Waals surface area (Å²) in [5, 5.41) is 2.81. The molecule has 2 aromatic rings. The average Bonchev–Trinajstić information content (AvgIpc) is 3.02. The van der Waals surface area contributed by atoms with Crippen LogP contribution in [0.15, 0.2) is 48.5 Å². The van der Waals surface area contributed by atoms with Crippen molar-refractivity contribution < 1.29 is 23.9 Å². The maximum Gasteiger partial charge on any atom is 0.332 e. The fraction of sp³-hybridized carbons (Fsp3) is 0.400. The van der Waals surface area contributed by atoms with Crippen molar-refractivity contribution in [2.45, 2.75) is 39.7 Å². The lowest BCUT2D eigenvalue weighted by molar-refractivity contribution is -0.124. The smallest absolute Gasteiger partial charge is 0.332 e. The number of benzene rings is 2. The van der Waals surface area contributed by atoms with Crippen molar-refractivity contribution in [2.24, 2.45) is 5.92 Å². The van der Waals surface area contributed by atoms with E-state index < -0.39 is 18.0 Å². The van der Waals surface area contributed by atoms with E-state index in [0.717, 1.165) is 17.1 Å². The molecule has 1 aliphatic rings. The summed E-state index contributed by atoms with van der Waals surface area (Å²) in [7, 11) is 1.55. The van der Waals surface area contributed by atoms with Crippen LogP contribution in [0.4, 0.5) is 16.2 Å². The molecular formula is C25H31N3O5. The topological polar surface area (TPSA) is 88.2 Å². The number of carbonyl (C=O) groups is 3. The molecule has 1 heterocycles. The molecule has 1 fully saturated rings. The zero-order chi connectivity index (χ0) is 24.0. The first kappa shape index (κ1) is 24.1. The van der Waals surface area contributed by atoms with Gasteiger partial charge in [0.1, 0.15) is 17.5 Å². The molecule has 0 aliphatic carbocycles. The first-order chi connectivity index (χ1) is 15.8. The molecule has 0 saturated carbocycles. The minimum atomic E-state index is -0.867. The molecule has 8 heteroatoms. The molecule has 1 atom stereocenters. The van der Waals surface area contributed by atoms with Crippen molar-refractivity contribution in [2.75, 3.05) is 30.5 Å². The molecule has 2 aromatic carbocycles. The van der Waals surface area contributed by atoms with Crippen LogP contribution in [-0.2, 0) is 9.59 Å². The van der Waals surface area contributed by atoms with E-state index in [9.17, 15) is 14.4 Å². The van der Waals surface area contributed by atoms with Gasteiger partial charge in [0.2, 0.25) is 5.91 Å². The Bertz CT molecular complexity index is 973. The van der Waals surface area contributed by atoms with E-state index in [1.807, 2.05) is 20.8 Å². The number of anilines is 2. The van der Waals surface area contributed by atoms with Gasteiger partial charge in [0.15, 0.2) is 0 Å². The van der Waals surface area contributed by atoms with E-state index in [4.69, 9.17) is 9.47 Å². The van der Waals surface area contributed by atoms with E-state index in [1.54, 1.807) is 55.6 Å². The van der Waals surface area contributed by atoms with Gasteiger partial charge in [-0.1, -0.05) is 20.8 Å². The maximum absolute atomic E-state index is 13.2. The van der Waals surface area contributed by atoms with Crippen LogP contribution in [-0.4, -0.2) is 49.0 Å². The summed E-state index contributed by atoms with van der Waals surface area (Å²) < 4.78 is 10.7. The Balaban J connectivity index is 1.73. The van der Waals surface area contributed by atoms with Gasteiger partial charge in [-0.3, -0.25) is 9.59 Å². The molecule has 1 N–H and O–H groups in total. The molecule has 1 unspecified atom stereocenters. The number of ether oxygens (including phenoxy) is 2. The lowest BCUT2D eigenvalue weighted by Gasteiger charge is -2.23. The molecule has 4 amide bonds. The highest BCUT2D eigenvalue weighted by Crippen LogP contribution is 2.29. The van der Waals surface area contributed by atoms with Gasteiger partial charge in [-0.2, -0.15) is 0 Å². The van der Waals surface area contributed by atoms with Crippen LogP contribution >= 0.6 is 0 Å². The van der Waals surface area contributed by atoms with Crippen molar-refractivity contribution in [3.8, 4) is 11.5 Å². The average molecular weight is 454 g/mol. The number of urea groups is 1. The number of rotatable bonds is 10. The Morgan fingerprint density at radius 1 is 1.03 bits per heavy atom. The first-order valence-electron chi connectivity index (χ1n) is 11.1. The number of nitrogens with zero attached hydrogens (tertiary/aromatic N) is 2. The molecule has 0 bridgehead atoms. The highest BCUT2D eigenvalue weighted by Gasteiger charge is 2.46. The molecule has 1 aliphatic heterocycles. The van der Waals surface area contributed by atoms with Crippen LogP contribution in [0.25, 0.3) is 0 Å². The second-order valence-electron chi connectivity index (χ2n) is 8.34. The minimum absolute atomic E-state index is 0.127. The summed E-state index contributed by atoms with van der Waals surface area (Å²) in [5.74, 6) is 0.736. The highest BCUT2D eigenvalue weighted by atomic mass is 16.5. The van der Waals surface area contributed by atoms with Crippen molar-refractivity contribution in [3.05, 3.63) is 48.5 Å². The lowest BCUT2D eigenvalue weighted by atomic mass is 10.1. The Kier molecular flexibility index (Phi) is 7.92. The lowest BCUT2D eigenvalue weighted by Crippen LogP contribution is -2.40. The molecule has 33 heavy (non-hydrogen) atoms. The third-order valence-electron chi connectivity index (χ3n) is 5.20. The molecule has 0 radical (unpaired) electrons. The molecule has 3 rings (SSSR count). The number of methoxy groups -OCH3 is 1. The third kappa shape index (κ3) is 5.83. The van der Waals surface area contributed by atoms with Crippen LogP contribution in [0, 0.1) is 5.92 Å². The predicted molar refractivity (Wildman–Crippen MR) is 127 cm³/mol. The first-order valence-corrected chi connectivity index (χ1v) is 11.1. The van der Waals surface area contributed by atoms with Crippen LogP contribution in [0.3, 0.4) is 0 Å². The summed E-state index contributed by atoms with van der Waals surface area (Å²) in [5.41, 5.74) is 1.05. The molecule has 1 saturated heterocycles. The fourth-order valence-electron chi connectivity index (χ4n) is 3.65. The Labute approximate surface area is 194 Å². The summed E-state index contributed by atoms with van der Waals surface area (Å²) in [6.07, 6.45) is 0.783. The van der Waals surface area contributed by atoms with Gasteiger partial charge in [-0.15, -0.1) is 0 Å². The summed E-state index contributed by atoms with van der Waals surface area (Å²) in [6, 6.07) is 12.5. The van der Waals surface area contributed by atoms with Crippen LogP contribution in [0.2, 0.25) is 0 Å². The normalized spacial score (nSPS) is 15.8. The van der Waals surface area contributed by atoms with Crippen molar-refractivity contribution in [3.63, 3.8) is 0 Å². The van der Waals surface area contributed by atoms with Crippen LogP contribution in [0.5, 0.6) is 11.5 Å². The van der Waals surface area contributed by atoms with Crippen molar-refractivity contribution >= 4 is 29.2 Å². The number of nitrogens with one attached hydrogen (secondary N) is 1.